The largest absolute Gasteiger partial charge is 0.416 e. The summed E-state index contributed by atoms with van der Waals surface area (Å²) in [5, 5.41) is 16.4. The van der Waals surface area contributed by atoms with Crippen molar-refractivity contribution in [1.82, 2.24) is 10.6 Å². The molecule has 2 N–H and O–H groups in total. The van der Waals surface area contributed by atoms with Crippen molar-refractivity contribution in [3.8, 4) is 0 Å². The number of rotatable bonds is 8. The third-order valence-corrected chi connectivity index (χ3v) is 4.76. The first-order valence-electron chi connectivity index (χ1n) is 9.27. The van der Waals surface area contributed by atoms with Crippen LogP contribution in [0.3, 0.4) is 0 Å². The molecule has 0 spiro atoms. The number of anilines is 1. The zero-order chi connectivity index (χ0) is 22.3. The fraction of sp³-hybridized carbons (Fsp3) is 0.556. The summed E-state index contributed by atoms with van der Waals surface area (Å²) in [6.45, 7) is 1.05. The summed E-state index contributed by atoms with van der Waals surface area (Å²) in [5.41, 5.74) is -1.62. The SMILES string of the molecule is COCCNC(=O)CNC(=O)C1CCN(c2ccc(C(F)(F)F)cc2[N+](=O)[O-])CC1. The minimum Gasteiger partial charge on any atom is -0.383 e. The minimum atomic E-state index is -4.68. The van der Waals surface area contributed by atoms with E-state index in [1.165, 1.54) is 7.11 Å². The van der Waals surface area contributed by atoms with Crippen molar-refractivity contribution >= 4 is 23.2 Å². The standard InChI is InChI=1S/C18H23F3N4O5/c1-30-9-6-22-16(26)11-23-17(27)12-4-7-24(8-5-12)14-3-2-13(18(19,20)21)10-15(14)25(28)29/h2-3,10,12H,4-9,11H2,1H3,(H,22,26)(H,23,27). The fourth-order valence-electron chi connectivity index (χ4n) is 3.16. The number of alkyl halides is 3. The van der Waals surface area contributed by atoms with Gasteiger partial charge in [-0.1, -0.05) is 0 Å². The van der Waals surface area contributed by atoms with Crippen LogP contribution in [0.4, 0.5) is 24.5 Å². The van der Waals surface area contributed by atoms with Crippen LogP contribution in [0.25, 0.3) is 0 Å². The highest BCUT2D eigenvalue weighted by atomic mass is 19.4. The molecule has 9 nitrogen and oxygen atoms in total. The van der Waals surface area contributed by atoms with Gasteiger partial charge in [-0.15, -0.1) is 0 Å². The Morgan fingerprint density at radius 1 is 1.27 bits per heavy atom. The van der Waals surface area contributed by atoms with E-state index in [9.17, 15) is 32.9 Å². The lowest BCUT2D eigenvalue weighted by atomic mass is 9.95. The van der Waals surface area contributed by atoms with Gasteiger partial charge in [0.25, 0.3) is 5.69 Å². The maximum absolute atomic E-state index is 12.8. The lowest BCUT2D eigenvalue weighted by Crippen LogP contribution is -2.44. The van der Waals surface area contributed by atoms with Gasteiger partial charge in [0.15, 0.2) is 0 Å². The molecule has 1 aromatic carbocycles. The Labute approximate surface area is 170 Å². The summed E-state index contributed by atoms with van der Waals surface area (Å²) >= 11 is 0. The molecule has 0 aliphatic carbocycles. The number of carbonyl (C=O) groups is 2. The second kappa shape index (κ2) is 10.2. The Hall–Kier alpha value is -2.89. The van der Waals surface area contributed by atoms with Gasteiger partial charge < -0.3 is 20.3 Å². The van der Waals surface area contributed by atoms with Crippen LogP contribution in [0, 0.1) is 16.0 Å². The van der Waals surface area contributed by atoms with Crippen molar-refractivity contribution in [2.24, 2.45) is 5.92 Å². The summed E-state index contributed by atoms with van der Waals surface area (Å²) in [5.74, 6) is -1.04. The molecule has 30 heavy (non-hydrogen) atoms. The zero-order valence-electron chi connectivity index (χ0n) is 16.3. The molecule has 2 rings (SSSR count). The van der Waals surface area contributed by atoms with E-state index in [0.717, 1.165) is 12.1 Å². The quantitative estimate of drug-likeness (QED) is 0.367. The number of ether oxygens (including phenoxy) is 1. The van der Waals surface area contributed by atoms with Gasteiger partial charge in [0, 0.05) is 38.7 Å². The van der Waals surface area contributed by atoms with Crippen molar-refractivity contribution in [2.45, 2.75) is 19.0 Å². The van der Waals surface area contributed by atoms with Crippen LogP contribution >= 0.6 is 0 Å². The average Bonchev–Trinajstić information content (AvgIpc) is 2.71. The molecule has 1 aliphatic rings. The molecule has 1 fully saturated rings. The third-order valence-electron chi connectivity index (χ3n) is 4.76. The molecule has 0 radical (unpaired) electrons. The van der Waals surface area contributed by atoms with Gasteiger partial charge in [-0.25, -0.2) is 0 Å². The molecule has 2 amide bonds. The molecule has 1 aliphatic heterocycles. The molecule has 0 saturated carbocycles. The van der Waals surface area contributed by atoms with E-state index in [-0.39, 0.29) is 43.1 Å². The predicted octanol–water partition coefficient (Wildman–Crippen LogP) is 1.71. The maximum Gasteiger partial charge on any atom is 0.416 e. The smallest absolute Gasteiger partial charge is 0.383 e. The molecule has 1 heterocycles. The Balaban J connectivity index is 1.93. The van der Waals surface area contributed by atoms with Crippen molar-refractivity contribution in [2.75, 3.05) is 44.8 Å². The van der Waals surface area contributed by atoms with Crippen molar-refractivity contribution < 1.29 is 32.4 Å². The second-order valence-corrected chi connectivity index (χ2v) is 6.78. The topological polar surface area (TPSA) is 114 Å². The number of nitro benzene ring substituents is 1. The normalized spacial score (nSPS) is 15.0. The van der Waals surface area contributed by atoms with Crippen molar-refractivity contribution in [1.29, 1.82) is 0 Å². The first kappa shape index (κ1) is 23.4. The van der Waals surface area contributed by atoms with Crippen LogP contribution in [0.1, 0.15) is 18.4 Å². The summed E-state index contributed by atoms with van der Waals surface area (Å²) in [6.07, 6.45) is -3.96. The summed E-state index contributed by atoms with van der Waals surface area (Å²) < 4.78 is 43.3. The summed E-state index contributed by atoms with van der Waals surface area (Å²) in [4.78, 5) is 35.9. The van der Waals surface area contributed by atoms with E-state index < -0.39 is 22.4 Å². The van der Waals surface area contributed by atoms with Crippen LogP contribution in [-0.2, 0) is 20.5 Å². The maximum atomic E-state index is 12.8. The fourth-order valence-corrected chi connectivity index (χ4v) is 3.16. The molecule has 12 heteroatoms. The summed E-state index contributed by atoms with van der Waals surface area (Å²) in [6, 6.07) is 2.42. The van der Waals surface area contributed by atoms with Gasteiger partial charge in [0.2, 0.25) is 11.8 Å². The number of benzene rings is 1. The number of methoxy groups -OCH3 is 1. The van der Waals surface area contributed by atoms with Gasteiger partial charge in [0.1, 0.15) is 5.69 Å². The predicted molar refractivity (Wildman–Crippen MR) is 101 cm³/mol. The van der Waals surface area contributed by atoms with Gasteiger partial charge in [-0.05, 0) is 25.0 Å². The molecule has 0 bridgehead atoms. The number of hydrogen-bond acceptors (Lipinski definition) is 6. The molecule has 166 valence electrons. The first-order chi connectivity index (χ1) is 14.1. The van der Waals surface area contributed by atoms with Gasteiger partial charge >= 0.3 is 6.18 Å². The van der Waals surface area contributed by atoms with Gasteiger partial charge in [-0.3, -0.25) is 19.7 Å². The number of nitrogens with one attached hydrogen (secondary N) is 2. The van der Waals surface area contributed by atoms with E-state index >= 15 is 0 Å². The monoisotopic (exact) mass is 432 g/mol. The third kappa shape index (κ3) is 6.31. The number of piperidine rings is 1. The number of nitro groups is 1. The van der Waals surface area contributed by atoms with E-state index in [0.29, 0.717) is 32.1 Å². The molecular weight excluding hydrogens is 409 g/mol. The Morgan fingerprint density at radius 3 is 2.50 bits per heavy atom. The van der Waals surface area contributed by atoms with E-state index in [1.54, 1.807) is 4.90 Å². The number of hydrogen-bond donors (Lipinski definition) is 2. The van der Waals surface area contributed by atoms with Crippen LogP contribution in [0.2, 0.25) is 0 Å². The van der Waals surface area contributed by atoms with Gasteiger partial charge in [0.05, 0.1) is 23.6 Å². The molecule has 0 unspecified atom stereocenters. The molecule has 0 atom stereocenters. The zero-order valence-corrected chi connectivity index (χ0v) is 16.3. The van der Waals surface area contributed by atoms with E-state index in [2.05, 4.69) is 10.6 Å². The Bertz CT molecular complexity index is 780. The highest BCUT2D eigenvalue weighted by Crippen LogP contribution is 2.37. The lowest BCUT2D eigenvalue weighted by Gasteiger charge is -2.32. The van der Waals surface area contributed by atoms with Crippen LogP contribution in [0.15, 0.2) is 18.2 Å². The van der Waals surface area contributed by atoms with Crippen LogP contribution in [0.5, 0.6) is 0 Å². The number of carbonyl (C=O) groups excluding carboxylic acids is 2. The van der Waals surface area contributed by atoms with Crippen LogP contribution in [-0.4, -0.2) is 56.6 Å². The first-order valence-corrected chi connectivity index (χ1v) is 9.27. The highest BCUT2D eigenvalue weighted by Gasteiger charge is 2.34. The van der Waals surface area contributed by atoms with E-state index in [1.807, 2.05) is 0 Å². The Morgan fingerprint density at radius 2 is 1.93 bits per heavy atom. The number of amides is 2. The van der Waals surface area contributed by atoms with Crippen LogP contribution < -0.4 is 15.5 Å². The number of nitrogens with zero attached hydrogens (tertiary/aromatic N) is 2. The van der Waals surface area contributed by atoms with Crippen molar-refractivity contribution in [3.05, 3.63) is 33.9 Å². The molecule has 1 aromatic rings. The molecule has 0 aromatic heterocycles. The minimum absolute atomic E-state index is 0.0874. The molecule has 1 saturated heterocycles. The average molecular weight is 432 g/mol. The second-order valence-electron chi connectivity index (χ2n) is 6.78. The lowest BCUT2D eigenvalue weighted by molar-refractivity contribution is -0.384. The highest BCUT2D eigenvalue weighted by molar-refractivity contribution is 5.86. The van der Waals surface area contributed by atoms with Crippen molar-refractivity contribution in [3.63, 3.8) is 0 Å². The van der Waals surface area contributed by atoms with E-state index in [4.69, 9.17) is 4.74 Å². The summed E-state index contributed by atoms with van der Waals surface area (Å²) in [7, 11) is 1.50. The molecular formula is C18H23F3N4O5. The number of halogens is 3. The van der Waals surface area contributed by atoms with Gasteiger partial charge in [-0.2, -0.15) is 13.2 Å². The Kier molecular flexibility index (Phi) is 7.98.